The minimum Gasteiger partial charge on any atom is -0.336 e. The molecule has 0 unspecified atom stereocenters. The summed E-state index contributed by atoms with van der Waals surface area (Å²) in [5.41, 5.74) is 5.38. The number of nitrogens with one attached hydrogen (secondary N) is 2. The average molecular weight is 333 g/mol. The molecule has 0 aliphatic rings. The normalized spacial score (nSPS) is 10.8. The van der Waals surface area contributed by atoms with Crippen molar-refractivity contribution in [3.8, 4) is 0 Å². The molecule has 0 radical (unpaired) electrons. The standard InChI is InChI=1S/C13H13BrN6/c1-8-2-3-10(9(14)6-8)17-12-13-16-4-5-20(13)7-11(18-12)19-15/h2-7,19H,15H2,1H3,(H,17,18). The van der Waals surface area contributed by atoms with E-state index in [1.54, 1.807) is 12.4 Å². The van der Waals surface area contributed by atoms with Crippen LogP contribution in [-0.2, 0) is 0 Å². The fraction of sp³-hybridized carbons (Fsp3) is 0.0769. The first-order valence-corrected chi connectivity index (χ1v) is 6.80. The van der Waals surface area contributed by atoms with Crippen molar-refractivity contribution in [2.24, 2.45) is 5.84 Å². The molecule has 0 bridgehead atoms. The number of benzene rings is 1. The van der Waals surface area contributed by atoms with Crippen molar-refractivity contribution in [2.45, 2.75) is 6.92 Å². The second-order valence-corrected chi connectivity index (χ2v) is 5.24. The Balaban J connectivity index is 2.07. The summed E-state index contributed by atoms with van der Waals surface area (Å²) in [6.45, 7) is 2.04. The summed E-state index contributed by atoms with van der Waals surface area (Å²) in [6.07, 6.45) is 5.33. The largest absolute Gasteiger partial charge is 0.336 e. The molecule has 2 heterocycles. The van der Waals surface area contributed by atoms with E-state index in [1.807, 2.05) is 35.7 Å². The van der Waals surface area contributed by atoms with Crippen molar-refractivity contribution >= 4 is 38.9 Å². The summed E-state index contributed by atoms with van der Waals surface area (Å²) in [7, 11) is 0. The van der Waals surface area contributed by atoms with E-state index in [0.717, 1.165) is 15.8 Å². The minimum absolute atomic E-state index is 0.557. The van der Waals surface area contributed by atoms with Gasteiger partial charge in [0, 0.05) is 16.9 Å². The van der Waals surface area contributed by atoms with Gasteiger partial charge in [0.05, 0.1) is 11.9 Å². The molecule has 3 aromatic rings. The molecule has 0 aliphatic carbocycles. The number of hydrogen-bond donors (Lipinski definition) is 3. The molecule has 0 aliphatic heterocycles. The van der Waals surface area contributed by atoms with Gasteiger partial charge < -0.3 is 15.1 Å². The number of aromatic nitrogens is 3. The molecule has 0 atom stereocenters. The Labute approximate surface area is 124 Å². The zero-order valence-corrected chi connectivity index (χ0v) is 12.3. The Hall–Kier alpha value is -2.12. The van der Waals surface area contributed by atoms with Gasteiger partial charge in [0.25, 0.3) is 0 Å². The molecule has 0 spiro atoms. The van der Waals surface area contributed by atoms with Crippen molar-refractivity contribution in [1.82, 2.24) is 14.4 Å². The maximum atomic E-state index is 5.44. The van der Waals surface area contributed by atoms with Crippen LogP contribution in [0.1, 0.15) is 5.56 Å². The molecule has 20 heavy (non-hydrogen) atoms. The highest BCUT2D eigenvalue weighted by molar-refractivity contribution is 9.10. The van der Waals surface area contributed by atoms with Gasteiger partial charge in [-0.25, -0.2) is 15.8 Å². The van der Waals surface area contributed by atoms with E-state index < -0.39 is 0 Å². The van der Waals surface area contributed by atoms with Gasteiger partial charge in [-0.2, -0.15) is 0 Å². The second-order valence-electron chi connectivity index (χ2n) is 4.39. The van der Waals surface area contributed by atoms with Crippen LogP contribution in [0.4, 0.5) is 17.3 Å². The van der Waals surface area contributed by atoms with Crippen LogP contribution in [0.15, 0.2) is 41.3 Å². The van der Waals surface area contributed by atoms with Gasteiger partial charge in [-0.3, -0.25) is 0 Å². The smallest absolute Gasteiger partial charge is 0.180 e. The molecule has 2 aromatic heterocycles. The number of fused-ring (bicyclic) bond motifs is 1. The molecule has 0 saturated carbocycles. The van der Waals surface area contributed by atoms with E-state index in [-0.39, 0.29) is 0 Å². The van der Waals surface area contributed by atoms with E-state index in [4.69, 9.17) is 5.84 Å². The second kappa shape index (κ2) is 5.10. The summed E-state index contributed by atoms with van der Waals surface area (Å²) < 4.78 is 2.82. The molecule has 7 heteroatoms. The van der Waals surface area contributed by atoms with Crippen LogP contribution in [0.5, 0.6) is 0 Å². The molecule has 6 nitrogen and oxygen atoms in total. The van der Waals surface area contributed by atoms with Gasteiger partial charge in [0.15, 0.2) is 17.3 Å². The lowest BCUT2D eigenvalue weighted by atomic mass is 10.2. The van der Waals surface area contributed by atoms with E-state index in [9.17, 15) is 0 Å². The average Bonchev–Trinajstić information content (AvgIpc) is 2.90. The number of anilines is 3. The third kappa shape index (κ3) is 2.33. The monoisotopic (exact) mass is 332 g/mol. The highest BCUT2D eigenvalue weighted by Crippen LogP contribution is 2.28. The Morgan fingerprint density at radius 1 is 1.35 bits per heavy atom. The van der Waals surface area contributed by atoms with Gasteiger partial charge >= 0.3 is 0 Å². The number of rotatable bonds is 3. The van der Waals surface area contributed by atoms with Gasteiger partial charge in [0.1, 0.15) is 0 Å². The van der Waals surface area contributed by atoms with Crippen LogP contribution < -0.4 is 16.6 Å². The summed E-state index contributed by atoms with van der Waals surface area (Å²) in [4.78, 5) is 8.69. The SMILES string of the molecule is Cc1ccc(Nc2nc(NN)cn3ccnc23)c(Br)c1. The van der Waals surface area contributed by atoms with E-state index >= 15 is 0 Å². The first kappa shape index (κ1) is 12.9. The maximum Gasteiger partial charge on any atom is 0.180 e. The summed E-state index contributed by atoms with van der Waals surface area (Å²) in [6, 6.07) is 6.06. The Bertz CT molecular complexity index is 767. The van der Waals surface area contributed by atoms with Crippen molar-refractivity contribution in [1.29, 1.82) is 0 Å². The summed E-state index contributed by atoms with van der Waals surface area (Å²) in [5.74, 6) is 6.63. The third-order valence-electron chi connectivity index (χ3n) is 2.90. The Morgan fingerprint density at radius 3 is 2.95 bits per heavy atom. The number of nitrogens with two attached hydrogens (primary N) is 1. The number of imidazole rings is 1. The lowest BCUT2D eigenvalue weighted by molar-refractivity contribution is 1.11. The first-order chi connectivity index (χ1) is 9.67. The first-order valence-electron chi connectivity index (χ1n) is 6.01. The number of aryl methyl sites for hydroxylation is 1. The third-order valence-corrected chi connectivity index (χ3v) is 3.56. The lowest BCUT2D eigenvalue weighted by Gasteiger charge is -2.11. The van der Waals surface area contributed by atoms with Crippen molar-refractivity contribution in [3.05, 3.63) is 46.8 Å². The van der Waals surface area contributed by atoms with E-state index in [0.29, 0.717) is 11.6 Å². The van der Waals surface area contributed by atoms with Gasteiger partial charge in [-0.05, 0) is 40.5 Å². The summed E-state index contributed by atoms with van der Waals surface area (Å²) in [5, 5.41) is 3.27. The van der Waals surface area contributed by atoms with Crippen LogP contribution in [0, 0.1) is 6.92 Å². The fourth-order valence-corrected chi connectivity index (χ4v) is 2.53. The van der Waals surface area contributed by atoms with Crippen LogP contribution in [0.25, 0.3) is 5.65 Å². The number of hydrazine groups is 1. The lowest BCUT2D eigenvalue weighted by Crippen LogP contribution is -2.11. The van der Waals surface area contributed by atoms with Crippen LogP contribution >= 0.6 is 15.9 Å². The molecule has 0 amide bonds. The molecule has 0 fully saturated rings. The zero-order valence-electron chi connectivity index (χ0n) is 10.8. The topological polar surface area (TPSA) is 80.3 Å². The predicted molar refractivity (Wildman–Crippen MR) is 83.0 cm³/mol. The predicted octanol–water partition coefficient (Wildman–Crippen LogP) is 2.83. The molecule has 102 valence electrons. The molecular weight excluding hydrogens is 320 g/mol. The molecular formula is C13H13BrN6. The maximum absolute atomic E-state index is 5.44. The fourth-order valence-electron chi connectivity index (χ4n) is 1.93. The molecule has 0 saturated heterocycles. The highest BCUT2D eigenvalue weighted by atomic mass is 79.9. The summed E-state index contributed by atoms with van der Waals surface area (Å²) >= 11 is 3.54. The van der Waals surface area contributed by atoms with E-state index in [1.165, 1.54) is 5.56 Å². The number of halogens is 1. The van der Waals surface area contributed by atoms with E-state index in [2.05, 4.69) is 36.6 Å². The zero-order chi connectivity index (χ0) is 14.1. The van der Waals surface area contributed by atoms with Crippen molar-refractivity contribution < 1.29 is 0 Å². The van der Waals surface area contributed by atoms with Crippen LogP contribution in [-0.4, -0.2) is 14.4 Å². The molecule has 1 aromatic carbocycles. The Kier molecular flexibility index (Phi) is 3.29. The van der Waals surface area contributed by atoms with Crippen molar-refractivity contribution in [2.75, 3.05) is 10.7 Å². The number of hydrogen-bond acceptors (Lipinski definition) is 5. The van der Waals surface area contributed by atoms with Gasteiger partial charge in [-0.15, -0.1) is 0 Å². The molecule has 4 N–H and O–H groups in total. The number of nitrogen functional groups attached to an aromatic ring is 1. The van der Waals surface area contributed by atoms with Crippen LogP contribution in [0.2, 0.25) is 0 Å². The Morgan fingerprint density at radius 2 is 2.20 bits per heavy atom. The highest BCUT2D eigenvalue weighted by Gasteiger charge is 2.09. The van der Waals surface area contributed by atoms with Crippen molar-refractivity contribution in [3.63, 3.8) is 0 Å². The quantitative estimate of drug-likeness (QED) is 0.507. The molecule has 3 rings (SSSR count). The van der Waals surface area contributed by atoms with Crippen LogP contribution in [0.3, 0.4) is 0 Å². The van der Waals surface area contributed by atoms with Gasteiger partial charge in [0.2, 0.25) is 0 Å². The minimum atomic E-state index is 0.557. The van der Waals surface area contributed by atoms with Gasteiger partial charge in [-0.1, -0.05) is 6.07 Å². The number of nitrogens with zero attached hydrogens (tertiary/aromatic N) is 3.